The average molecular weight is 638 g/mol. The van der Waals surface area contributed by atoms with E-state index in [-0.39, 0.29) is 10.8 Å². The fraction of sp³-hybridized carbons (Fsp3) is 0.286. The van der Waals surface area contributed by atoms with Crippen molar-refractivity contribution in [2.75, 3.05) is 26.2 Å². The molecule has 45 heavy (non-hydrogen) atoms. The summed E-state index contributed by atoms with van der Waals surface area (Å²) >= 11 is 1.41. The summed E-state index contributed by atoms with van der Waals surface area (Å²) < 4.78 is 30.1. The molecule has 0 saturated carbocycles. The molecule has 4 aromatic rings. The number of hydrogen-bond acceptors (Lipinski definition) is 6. The maximum atomic E-state index is 13.4. The van der Waals surface area contributed by atoms with E-state index in [0.29, 0.717) is 35.2 Å². The summed E-state index contributed by atoms with van der Waals surface area (Å²) in [6, 6.07) is 27.3. The van der Waals surface area contributed by atoms with Crippen molar-refractivity contribution in [2.24, 2.45) is 10.9 Å². The molecule has 0 unspecified atom stereocenters. The number of aromatic nitrogens is 2. The normalized spacial score (nSPS) is 19.0. The summed E-state index contributed by atoms with van der Waals surface area (Å²) in [5.74, 6) is 0.364. The average Bonchev–Trinajstić information content (AvgIpc) is 3.84. The van der Waals surface area contributed by atoms with Crippen molar-refractivity contribution in [2.45, 2.75) is 37.0 Å². The highest BCUT2D eigenvalue weighted by Crippen LogP contribution is 2.35. The Kier molecular flexibility index (Phi) is 8.44. The topological polar surface area (TPSA) is 87.9 Å². The molecule has 1 amide bonds. The first-order valence-electron chi connectivity index (χ1n) is 15.5. The summed E-state index contributed by atoms with van der Waals surface area (Å²) in [4.78, 5) is 20.6. The molecule has 230 valence electrons. The number of nitrogens with zero attached hydrogens (tertiary/aromatic N) is 5. The van der Waals surface area contributed by atoms with E-state index in [1.165, 1.54) is 17.3 Å². The molecular formula is C35H35N5O3S2. The van der Waals surface area contributed by atoms with Gasteiger partial charge in [-0.3, -0.25) is 4.79 Å². The molecule has 0 atom stereocenters. The van der Waals surface area contributed by atoms with E-state index in [1.807, 2.05) is 48.7 Å². The Labute approximate surface area is 268 Å². The van der Waals surface area contributed by atoms with Crippen LogP contribution >= 0.6 is 11.8 Å². The Hall–Kier alpha value is -3.99. The van der Waals surface area contributed by atoms with E-state index in [4.69, 9.17) is 5.10 Å². The molecule has 0 spiro atoms. The molecule has 4 heterocycles. The zero-order valence-corrected chi connectivity index (χ0v) is 26.6. The zero-order valence-electron chi connectivity index (χ0n) is 25.0. The fourth-order valence-corrected chi connectivity index (χ4v) is 8.78. The molecule has 0 N–H and O–H groups in total. The minimum atomic E-state index is -3.60. The standard InChI is InChI=1S/C35H35N5O3S2/c41-34-32(44-35(36-34)38-20-16-27(17-21-38)22-26-10-3-1-4-11-26)24-29-25-40(30-13-5-2-6-14-30)37-33(29)28-12-9-15-31(23-28)45(42,43)39-18-7-8-19-39/h1-6,9-15,23-25,27H,7-8,16-22H2. The van der Waals surface area contributed by atoms with E-state index in [9.17, 15) is 13.2 Å². The van der Waals surface area contributed by atoms with E-state index >= 15 is 0 Å². The maximum Gasteiger partial charge on any atom is 0.286 e. The highest BCUT2D eigenvalue weighted by atomic mass is 32.2. The van der Waals surface area contributed by atoms with Gasteiger partial charge in [0.15, 0.2) is 5.17 Å². The van der Waals surface area contributed by atoms with Gasteiger partial charge in [-0.25, -0.2) is 13.1 Å². The Morgan fingerprint density at radius 3 is 2.31 bits per heavy atom. The molecule has 2 saturated heterocycles. The van der Waals surface area contributed by atoms with Crippen molar-refractivity contribution in [3.8, 4) is 16.9 Å². The number of rotatable bonds is 7. The second-order valence-electron chi connectivity index (χ2n) is 11.8. The number of amides is 1. The molecule has 0 bridgehead atoms. The van der Waals surface area contributed by atoms with Gasteiger partial charge >= 0.3 is 0 Å². The quantitative estimate of drug-likeness (QED) is 0.223. The third-order valence-corrected chi connectivity index (χ3v) is 11.7. The van der Waals surface area contributed by atoms with E-state index in [2.05, 4.69) is 40.2 Å². The lowest BCUT2D eigenvalue weighted by atomic mass is 9.90. The summed E-state index contributed by atoms with van der Waals surface area (Å²) in [6.07, 6.45) is 8.68. The minimum Gasteiger partial charge on any atom is -0.351 e. The van der Waals surface area contributed by atoms with Gasteiger partial charge in [0.1, 0.15) is 5.69 Å². The van der Waals surface area contributed by atoms with Crippen LogP contribution in [0.25, 0.3) is 23.0 Å². The van der Waals surface area contributed by atoms with E-state index in [0.717, 1.165) is 61.6 Å². The van der Waals surface area contributed by atoms with Crippen LogP contribution in [0, 0.1) is 5.92 Å². The van der Waals surface area contributed by atoms with Crippen LogP contribution in [-0.2, 0) is 21.2 Å². The number of para-hydroxylation sites is 1. The highest BCUT2D eigenvalue weighted by molar-refractivity contribution is 8.18. The predicted molar refractivity (Wildman–Crippen MR) is 179 cm³/mol. The van der Waals surface area contributed by atoms with E-state index in [1.54, 1.807) is 27.2 Å². The number of likely N-dealkylation sites (tertiary alicyclic amines) is 1. The van der Waals surface area contributed by atoms with Crippen molar-refractivity contribution in [1.82, 2.24) is 19.0 Å². The number of aliphatic imine (C=N–C) groups is 1. The first-order chi connectivity index (χ1) is 21.9. The Balaban J connectivity index is 1.14. The van der Waals surface area contributed by atoms with Crippen LogP contribution in [0.15, 0.2) is 106 Å². The van der Waals surface area contributed by atoms with Gasteiger partial charge in [0.2, 0.25) is 10.0 Å². The number of benzene rings is 3. The molecule has 3 aromatic carbocycles. The van der Waals surface area contributed by atoms with Gasteiger partial charge in [-0.2, -0.15) is 14.4 Å². The number of carbonyl (C=O) groups is 1. The number of amidine groups is 1. The zero-order chi connectivity index (χ0) is 30.8. The van der Waals surface area contributed by atoms with Crippen LogP contribution in [0.1, 0.15) is 36.8 Å². The van der Waals surface area contributed by atoms with Gasteiger partial charge in [0, 0.05) is 43.5 Å². The second-order valence-corrected chi connectivity index (χ2v) is 14.7. The first kappa shape index (κ1) is 29.7. The van der Waals surface area contributed by atoms with Gasteiger partial charge in [-0.1, -0.05) is 60.7 Å². The molecule has 1 aromatic heterocycles. The number of hydrogen-bond donors (Lipinski definition) is 0. The Morgan fingerprint density at radius 1 is 0.867 bits per heavy atom. The van der Waals surface area contributed by atoms with Crippen molar-refractivity contribution in [3.05, 3.63) is 107 Å². The molecule has 0 radical (unpaired) electrons. The number of sulfonamides is 1. The van der Waals surface area contributed by atoms with Gasteiger partial charge in [0.25, 0.3) is 5.91 Å². The van der Waals surface area contributed by atoms with Crippen LogP contribution in [-0.4, -0.2) is 64.7 Å². The van der Waals surface area contributed by atoms with Gasteiger partial charge < -0.3 is 4.90 Å². The predicted octanol–water partition coefficient (Wildman–Crippen LogP) is 6.25. The van der Waals surface area contributed by atoms with Crippen LogP contribution < -0.4 is 0 Å². The van der Waals surface area contributed by atoms with Crippen molar-refractivity contribution in [3.63, 3.8) is 0 Å². The van der Waals surface area contributed by atoms with E-state index < -0.39 is 10.0 Å². The third kappa shape index (κ3) is 6.40. The minimum absolute atomic E-state index is 0.252. The number of thioether (sulfide) groups is 1. The highest BCUT2D eigenvalue weighted by Gasteiger charge is 2.31. The Bertz CT molecular complexity index is 1860. The smallest absolute Gasteiger partial charge is 0.286 e. The molecule has 0 aliphatic carbocycles. The van der Waals surface area contributed by atoms with Gasteiger partial charge in [-0.05, 0) is 85.7 Å². The summed E-state index contributed by atoms with van der Waals surface area (Å²) in [5.41, 5.74) is 4.24. The van der Waals surface area contributed by atoms with Crippen LogP contribution in [0.4, 0.5) is 0 Å². The van der Waals surface area contributed by atoms with Crippen molar-refractivity contribution >= 4 is 38.9 Å². The number of carbonyl (C=O) groups excluding carboxylic acids is 1. The summed E-state index contributed by atoms with van der Waals surface area (Å²) in [6.45, 7) is 2.83. The molecule has 10 heteroatoms. The lowest BCUT2D eigenvalue weighted by molar-refractivity contribution is -0.113. The fourth-order valence-electron chi connectivity index (χ4n) is 6.26. The van der Waals surface area contributed by atoms with Gasteiger partial charge in [-0.15, -0.1) is 0 Å². The van der Waals surface area contributed by atoms with Crippen molar-refractivity contribution < 1.29 is 13.2 Å². The lowest BCUT2D eigenvalue weighted by Crippen LogP contribution is -2.37. The van der Waals surface area contributed by atoms with Gasteiger partial charge in [0.05, 0.1) is 15.5 Å². The Morgan fingerprint density at radius 2 is 1.58 bits per heavy atom. The first-order valence-corrected chi connectivity index (χ1v) is 17.8. The molecule has 8 nitrogen and oxygen atoms in total. The summed E-state index contributed by atoms with van der Waals surface area (Å²) in [5, 5.41) is 5.64. The lowest BCUT2D eigenvalue weighted by Gasteiger charge is -2.32. The maximum absolute atomic E-state index is 13.4. The second kappa shape index (κ2) is 12.8. The summed E-state index contributed by atoms with van der Waals surface area (Å²) in [7, 11) is -3.60. The third-order valence-electron chi connectivity index (χ3n) is 8.72. The SMILES string of the molecule is O=C1N=C(N2CCC(Cc3ccccc3)CC2)SC1=Cc1cn(-c2ccccc2)nc1-c1cccc(S(=O)(=O)N2CCCC2)c1. The van der Waals surface area contributed by atoms with Crippen LogP contribution in [0.3, 0.4) is 0 Å². The molecule has 3 aliphatic heterocycles. The number of piperidine rings is 1. The monoisotopic (exact) mass is 637 g/mol. The van der Waals surface area contributed by atoms with Crippen LogP contribution in [0.5, 0.6) is 0 Å². The molecular weight excluding hydrogens is 603 g/mol. The molecule has 3 aliphatic rings. The van der Waals surface area contributed by atoms with Crippen LogP contribution in [0.2, 0.25) is 0 Å². The molecule has 7 rings (SSSR count). The largest absolute Gasteiger partial charge is 0.351 e. The molecule has 2 fully saturated rings. The van der Waals surface area contributed by atoms with Crippen molar-refractivity contribution in [1.29, 1.82) is 0 Å².